The zero-order valence-electron chi connectivity index (χ0n) is 12.4. The molecule has 0 bridgehead atoms. The van der Waals surface area contributed by atoms with Crippen LogP contribution in [0.3, 0.4) is 0 Å². The highest BCUT2D eigenvalue weighted by atomic mass is 35.5. The third kappa shape index (κ3) is 5.29. The van der Waals surface area contributed by atoms with Gasteiger partial charge in [-0.25, -0.2) is 0 Å². The molecule has 0 fully saturated rings. The molecule has 0 aliphatic carbocycles. The molecule has 0 saturated heterocycles. The number of aromatic nitrogens is 2. The molecular formula is C15H19ClN4OS. The van der Waals surface area contributed by atoms with Gasteiger partial charge in [-0.1, -0.05) is 29.8 Å². The zero-order valence-corrected chi connectivity index (χ0v) is 14.0. The van der Waals surface area contributed by atoms with E-state index in [0.29, 0.717) is 18.3 Å². The molecule has 0 spiro atoms. The Morgan fingerprint density at radius 2 is 2.23 bits per heavy atom. The Kier molecular flexibility index (Phi) is 6.64. The fourth-order valence-electron chi connectivity index (χ4n) is 1.91. The lowest BCUT2D eigenvalue weighted by Gasteiger charge is -2.08. The first kappa shape index (κ1) is 16.7. The Labute approximate surface area is 140 Å². The molecule has 1 heterocycles. The van der Waals surface area contributed by atoms with E-state index < -0.39 is 0 Å². The molecule has 0 atom stereocenters. The monoisotopic (exact) mass is 338 g/mol. The summed E-state index contributed by atoms with van der Waals surface area (Å²) < 4.78 is 6.80. The molecule has 5 nitrogen and oxygen atoms in total. The van der Waals surface area contributed by atoms with Crippen molar-refractivity contribution in [1.29, 1.82) is 0 Å². The molecule has 1 aromatic heterocycles. The van der Waals surface area contributed by atoms with Crippen LogP contribution in [0.25, 0.3) is 0 Å². The van der Waals surface area contributed by atoms with Crippen LogP contribution in [0.15, 0.2) is 36.7 Å². The molecule has 22 heavy (non-hydrogen) atoms. The normalized spacial score (nSPS) is 10.5. The van der Waals surface area contributed by atoms with Gasteiger partial charge in [-0.05, 0) is 30.3 Å². The van der Waals surface area contributed by atoms with Crippen LogP contribution in [0, 0.1) is 0 Å². The smallest absolute Gasteiger partial charge is 0.170 e. The molecule has 118 valence electrons. The lowest BCUT2D eigenvalue weighted by atomic mass is 10.2. The molecule has 0 radical (unpaired) electrons. The van der Waals surface area contributed by atoms with Gasteiger partial charge in [-0.3, -0.25) is 4.68 Å². The quantitative estimate of drug-likeness (QED) is 0.600. The van der Waals surface area contributed by atoms with Crippen LogP contribution in [0.1, 0.15) is 12.0 Å². The van der Waals surface area contributed by atoms with Gasteiger partial charge in [0, 0.05) is 31.5 Å². The molecular weight excluding hydrogens is 320 g/mol. The van der Waals surface area contributed by atoms with Crippen molar-refractivity contribution in [3.05, 3.63) is 47.2 Å². The second-order valence-electron chi connectivity index (χ2n) is 4.75. The Hall–Kier alpha value is -1.63. The molecule has 0 aliphatic rings. The zero-order chi connectivity index (χ0) is 15.8. The first-order valence-corrected chi connectivity index (χ1v) is 7.77. The van der Waals surface area contributed by atoms with Gasteiger partial charge in [0.2, 0.25) is 0 Å². The number of hydrogen-bond donors (Lipinski definition) is 2. The second-order valence-corrected chi connectivity index (χ2v) is 5.56. The number of hydrogen-bond acceptors (Lipinski definition) is 3. The number of thiocarbonyl (C=S) groups is 1. The minimum absolute atomic E-state index is 0.577. The highest BCUT2D eigenvalue weighted by Crippen LogP contribution is 2.16. The molecule has 0 saturated carbocycles. The summed E-state index contributed by atoms with van der Waals surface area (Å²) in [5.74, 6) is 0. The molecule has 0 amide bonds. The van der Waals surface area contributed by atoms with Gasteiger partial charge < -0.3 is 15.4 Å². The van der Waals surface area contributed by atoms with Gasteiger partial charge in [-0.2, -0.15) is 5.10 Å². The lowest BCUT2D eigenvalue weighted by molar-refractivity contribution is 0.196. The summed E-state index contributed by atoms with van der Waals surface area (Å²) in [6.07, 6.45) is 4.54. The summed E-state index contributed by atoms with van der Waals surface area (Å²) in [6.45, 7) is 2.11. The predicted octanol–water partition coefficient (Wildman–Crippen LogP) is 2.91. The number of ether oxygens (including phenoxy) is 1. The summed E-state index contributed by atoms with van der Waals surface area (Å²) in [7, 11) is 1.68. The van der Waals surface area contributed by atoms with E-state index in [9.17, 15) is 0 Å². The Balaban J connectivity index is 1.84. The SMILES string of the molecule is COCCCNC(=S)Nc1cnn(Cc2ccccc2Cl)c1. The van der Waals surface area contributed by atoms with Crippen LogP contribution >= 0.6 is 23.8 Å². The lowest BCUT2D eigenvalue weighted by Crippen LogP contribution is -2.29. The van der Waals surface area contributed by atoms with Gasteiger partial charge in [0.25, 0.3) is 0 Å². The third-order valence-electron chi connectivity index (χ3n) is 2.99. The van der Waals surface area contributed by atoms with Gasteiger partial charge >= 0.3 is 0 Å². The summed E-state index contributed by atoms with van der Waals surface area (Å²) in [5, 5.41) is 11.8. The van der Waals surface area contributed by atoms with Crippen LogP contribution in [0.2, 0.25) is 5.02 Å². The number of rotatable bonds is 7. The van der Waals surface area contributed by atoms with Crippen molar-refractivity contribution in [3.8, 4) is 0 Å². The predicted molar refractivity (Wildman–Crippen MR) is 93.5 cm³/mol. The number of benzene rings is 1. The highest BCUT2D eigenvalue weighted by Gasteiger charge is 2.04. The Morgan fingerprint density at radius 1 is 1.41 bits per heavy atom. The number of halogens is 1. The first-order valence-electron chi connectivity index (χ1n) is 6.98. The van der Waals surface area contributed by atoms with Gasteiger partial charge in [0.1, 0.15) is 0 Å². The average Bonchev–Trinajstić information content (AvgIpc) is 2.93. The van der Waals surface area contributed by atoms with Crippen LogP contribution in [0.4, 0.5) is 5.69 Å². The molecule has 2 aromatic rings. The minimum Gasteiger partial charge on any atom is -0.385 e. The average molecular weight is 339 g/mol. The van der Waals surface area contributed by atoms with Crippen LogP contribution in [-0.4, -0.2) is 35.2 Å². The maximum absolute atomic E-state index is 6.15. The van der Waals surface area contributed by atoms with E-state index in [0.717, 1.165) is 29.2 Å². The van der Waals surface area contributed by atoms with E-state index in [1.165, 1.54) is 0 Å². The summed E-state index contributed by atoms with van der Waals surface area (Å²) >= 11 is 11.4. The van der Waals surface area contributed by atoms with Crippen molar-refractivity contribution < 1.29 is 4.74 Å². The summed E-state index contributed by atoms with van der Waals surface area (Å²) in [6, 6.07) is 7.73. The van der Waals surface area contributed by atoms with Gasteiger partial charge in [0.15, 0.2) is 5.11 Å². The maximum Gasteiger partial charge on any atom is 0.170 e. The van der Waals surface area contributed by atoms with E-state index in [1.807, 2.05) is 35.1 Å². The van der Waals surface area contributed by atoms with Gasteiger partial charge in [-0.15, -0.1) is 0 Å². The number of nitrogens with zero attached hydrogens (tertiary/aromatic N) is 2. The summed E-state index contributed by atoms with van der Waals surface area (Å²) in [5.41, 5.74) is 1.87. The van der Waals surface area contributed by atoms with E-state index >= 15 is 0 Å². The molecule has 0 unspecified atom stereocenters. The largest absolute Gasteiger partial charge is 0.385 e. The van der Waals surface area contributed by atoms with Crippen molar-refractivity contribution >= 4 is 34.6 Å². The number of nitrogens with one attached hydrogen (secondary N) is 2. The number of anilines is 1. The van der Waals surface area contributed by atoms with Crippen molar-refractivity contribution in [1.82, 2.24) is 15.1 Å². The topological polar surface area (TPSA) is 51.1 Å². The Bertz CT molecular complexity index is 617. The fraction of sp³-hybridized carbons (Fsp3) is 0.333. The molecule has 1 aromatic carbocycles. The van der Waals surface area contributed by atoms with Crippen LogP contribution in [-0.2, 0) is 11.3 Å². The molecule has 2 rings (SSSR count). The van der Waals surface area contributed by atoms with Crippen molar-refractivity contribution in [2.45, 2.75) is 13.0 Å². The standard InChI is InChI=1S/C15H19ClN4OS/c1-21-8-4-7-17-15(22)19-13-9-18-20(11-13)10-12-5-2-3-6-14(12)16/h2-3,5-6,9,11H,4,7-8,10H2,1H3,(H2,17,19,22). The van der Waals surface area contributed by atoms with E-state index in [4.69, 9.17) is 28.6 Å². The second kappa shape index (κ2) is 8.73. The number of methoxy groups -OCH3 is 1. The first-order chi connectivity index (χ1) is 10.7. The van der Waals surface area contributed by atoms with E-state index in [2.05, 4.69) is 15.7 Å². The van der Waals surface area contributed by atoms with Crippen molar-refractivity contribution in [3.63, 3.8) is 0 Å². The maximum atomic E-state index is 6.15. The molecule has 7 heteroatoms. The van der Waals surface area contributed by atoms with Crippen LogP contribution in [0.5, 0.6) is 0 Å². The van der Waals surface area contributed by atoms with Crippen molar-refractivity contribution in [2.24, 2.45) is 0 Å². The Morgan fingerprint density at radius 3 is 3.00 bits per heavy atom. The van der Waals surface area contributed by atoms with Crippen molar-refractivity contribution in [2.75, 3.05) is 25.6 Å². The highest BCUT2D eigenvalue weighted by molar-refractivity contribution is 7.80. The van der Waals surface area contributed by atoms with E-state index in [1.54, 1.807) is 13.3 Å². The third-order valence-corrected chi connectivity index (χ3v) is 3.61. The van der Waals surface area contributed by atoms with Crippen LogP contribution < -0.4 is 10.6 Å². The van der Waals surface area contributed by atoms with E-state index in [-0.39, 0.29) is 0 Å². The molecule has 2 N–H and O–H groups in total. The van der Waals surface area contributed by atoms with Gasteiger partial charge in [0.05, 0.1) is 18.4 Å². The fourth-order valence-corrected chi connectivity index (χ4v) is 2.32. The molecule has 0 aliphatic heterocycles. The minimum atomic E-state index is 0.577. The summed E-state index contributed by atoms with van der Waals surface area (Å²) in [4.78, 5) is 0.